The average molecular weight is 342 g/mol. The van der Waals surface area contributed by atoms with Crippen molar-refractivity contribution in [2.75, 3.05) is 0 Å². The molecule has 4 heteroatoms. The van der Waals surface area contributed by atoms with Crippen LogP contribution in [0.1, 0.15) is 62.5 Å². The molecule has 25 heavy (non-hydrogen) atoms. The largest absolute Gasteiger partial charge is 0.508 e. The van der Waals surface area contributed by atoms with Gasteiger partial charge < -0.3 is 15.3 Å². The monoisotopic (exact) mass is 342 g/mol. The van der Waals surface area contributed by atoms with Gasteiger partial charge in [-0.25, -0.2) is 0 Å². The predicted molar refractivity (Wildman–Crippen MR) is 98.4 cm³/mol. The molecule has 0 radical (unpaired) electrons. The highest BCUT2D eigenvalue weighted by Crippen LogP contribution is 2.38. The molecule has 0 aliphatic rings. The lowest BCUT2D eigenvalue weighted by Gasteiger charge is -2.33. The second-order valence-corrected chi connectivity index (χ2v) is 8.38. The number of phenols is 3. The Morgan fingerprint density at radius 2 is 1.36 bits per heavy atom. The summed E-state index contributed by atoms with van der Waals surface area (Å²) in [7, 11) is 0. The molecule has 0 saturated heterocycles. The zero-order valence-electron chi connectivity index (χ0n) is 15.4. The van der Waals surface area contributed by atoms with Crippen molar-refractivity contribution >= 4 is 5.78 Å². The first-order chi connectivity index (χ1) is 11.4. The van der Waals surface area contributed by atoms with Crippen molar-refractivity contribution in [1.82, 2.24) is 0 Å². The van der Waals surface area contributed by atoms with Gasteiger partial charge in [0.25, 0.3) is 0 Å². The Balaban J connectivity index is 2.38. The third-order valence-corrected chi connectivity index (χ3v) is 4.22. The summed E-state index contributed by atoms with van der Waals surface area (Å²) in [6.07, 6.45) is 0.922. The second kappa shape index (κ2) is 6.43. The highest BCUT2D eigenvalue weighted by atomic mass is 16.3. The molecule has 0 unspecified atom stereocenters. The van der Waals surface area contributed by atoms with Gasteiger partial charge >= 0.3 is 0 Å². The number of carbonyl (C=O) groups is 1. The van der Waals surface area contributed by atoms with Gasteiger partial charge in [-0.3, -0.25) is 4.79 Å². The van der Waals surface area contributed by atoms with Crippen LogP contribution in [0.15, 0.2) is 36.4 Å². The van der Waals surface area contributed by atoms with Crippen LogP contribution in [-0.4, -0.2) is 21.1 Å². The molecular weight excluding hydrogens is 316 g/mol. The van der Waals surface area contributed by atoms with E-state index in [1.807, 2.05) is 6.07 Å². The lowest BCUT2D eigenvalue weighted by molar-refractivity contribution is 0.103. The summed E-state index contributed by atoms with van der Waals surface area (Å²) in [5.41, 5.74) is 1.08. The molecule has 2 rings (SSSR count). The fourth-order valence-electron chi connectivity index (χ4n) is 3.43. The molecule has 3 N–H and O–H groups in total. The zero-order valence-corrected chi connectivity index (χ0v) is 15.4. The maximum atomic E-state index is 12.6. The van der Waals surface area contributed by atoms with Gasteiger partial charge in [-0.05, 0) is 47.1 Å². The minimum absolute atomic E-state index is 0.0369. The Morgan fingerprint density at radius 3 is 1.84 bits per heavy atom. The number of carbonyl (C=O) groups excluding carboxylic acids is 1. The SMILES string of the molecule is CC(C)(C)CC(C)(C)c1ccc(C(=O)c2ccc(O)cc2O)c(O)c1. The molecule has 0 saturated carbocycles. The van der Waals surface area contributed by atoms with E-state index >= 15 is 0 Å². The van der Waals surface area contributed by atoms with Crippen molar-refractivity contribution in [3.63, 3.8) is 0 Å². The molecule has 0 aliphatic carbocycles. The van der Waals surface area contributed by atoms with Crippen molar-refractivity contribution in [3.05, 3.63) is 53.1 Å². The Hall–Kier alpha value is -2.49. The lowest BCUT2D eigenvalue weighted by atomic mass is 9.72. The molecule has 2 aromatic rings. The number of hydrogen-bond donors (Lipinski definition) is 3. The van der Waals surface area contributed by atoms with Crippen LogP contribution in [0.2, 0.25) is 0 Å². The van der Waals surface area contributed by atoms with Crippen molar-refractivity contribution < 1.29 is 20.1 Å². The Bertz CT molecular complexity index is 798. The Kier molecular flexibility index (Phi) is 4.85. The van der Waals surface area contributed by atoms with E-state index in [9.17, 15) is 20.1 Å². The molecule has 0 heterocycles. The summed E-state index contributed by atoms with van der Waals surface area (Å²) in [6.45, 7) is 10.7. The molecule has 134 valence electrons. The van der Waals surface area contributed by atoms with Crippen LogP contribution in [0.25, 0.3) is 0 Å². The predicted octanol–water partition coefficient (Wildman–Crippen LogP) is 4.75. The van der Waals surface area contributed by atoms with E-state index in [1.54, 1.807) is 12.1 Å². The van der Waals surface area contributed by atoms with Crippen LogP contribution >= 0.6 is 0 Å². The van der Waals surface area contributed by atoms with Gasteiger partial charge in [-0.15, -0.1) is 0 Å². The summed E-state index contributed by atoms with van der Waals surface area (Å²) in [5, 5.41) is 29.6. The number of rotatable bonds is 4. The molecule has 2 aromatic carbocycles. The van der Waals surface area contributed by atoms with Gasteiger partial charge in [0.1, 0.15) is 17.2 Å². The van der Waals surface area contributed by atoms with Crippen LogP contribution in [0, 0.1) is 5.41 Å². The standard InChI is InChI=1S/C21H26O4/c1-20(2,3)12-21(4,5)13-6-8-15(17(23)10-13)19(25)16-9-7-14(22)11-18(16)24/h6-11,22-24H,12H2,1-5H3. The summed E-state index contributed by atoms with van der Waals surface area (Å²) in [6, 6.07) is 8.82. The summed E-state index contributed by atoms with van der Waals surface area (Å²) in [4.78, 5) is 12.6. The van der Waals surface area contributed by atoms with Gasteiger partial charge in [0, 0.05) is 6.07 Å². The second-order valence-electron chi connectivity index (χ2n) is 8.38. The normalized spacial score (nSPS) is 12.2. The molecule has 0 aliphatic heterocycles. The Labute approximate surface area is 148 Å². The smallest absolute Gasteiger partial charge is 0.200 e. The molecule has 0 aromatic heterocycles. The molecule has 0 bridgehead atoms. The van der Waals surface area contributed by atoms with E-state index in [0.717, 1.165) is 18.1 Å². The van der Waals surface area contributed by atoms with Crippen LogP contribution in [0.5, 0.6) is 17.2 Å². The minimum Gasteiger partial charge on any atom is -0.508 e. The molecule has 0 fully saturated rings. The fourth-order valence-corrected chi connectivity index (χ4v) is 3.43. The number of ketones is 1. The van der Waals surface area contributed by atoms with E-state index in [4.69, 9.17) is 0 Å². The number of benzene rings is 2. The first-order valence-corrected chi connectivity index (χ1v) is 8.31. The molecule has 0 atom stereocenters. The summed E-state index contributed by atoms with van der Waals surface area (Å²) >= 11 is 0. The van der Waals surface area contributed by atoms with Crippen LogP contribution in [0.4, 0.5) is 0 Å². The van der Waals surface area contributed by atoms with E-state index in [2.05, 4.69) is 34.6 Å². The number of hydrogen-bond acceptors (Lipinski definition) is 4. The molecule has 0 amide bonds. The van der Waals surface area contributed by atoms with Crippen molar-refractivity contribution in [1.29, 1.82) is 0 Å². The quantitative estimate of drug-likeness (QED) is 0.701. The summed E-state index contributed by atoms with van der Waals surface area (Å²) < 4.78 is 0. The van der Waals surface area contributed by atoms with Crippen molar-refractivity contribution in [2.45, 2.75) is 46.5 Å². The third-order valence-electron chi connectivity index (χ3n) is 4.22. The van der Waals surface area contributed by atoms with Crippen molar-refractivity contribution in [2.24, 2.45) is 5.41 Å². The van der Waals surface area contributed by atoms with E-state index in [-0.39, 0.29) is 39.2 Å². The van der Waals surface area contributed by atoms with E-state index in [0.29, 0.717) is 0 Å². The lowest BCUT2D eigenvalue weighted by Crippen LogP contribution is -2.24. The molecule has 0 spiro atoms. The third kappa shape index (κ3) is 4.32. The fraction of sp³-hybridized carbons (Fsp3) is 0.381. The minimum atomic E-state index is -0.491. The number of aromatic hydroxyl groups is 3. The van der Waals surface area contributed by atoms with Gasteiger partial charge in [-0.2, -0.15) is 0 Å². The molecular formula is C21H26O4. The summed E-state index contributed by atoms with van der Waals surface area (Å²) in [5.74, 6) is -1.05. The first kappa shape index (κ1) is 18.8. The van der Waals surface area contributed by atoms with Gasteiger partial charge in [0.15, 0.2) is 5.78 Å². The number of phenolic OH excluding ortho intramolecular Hbond substituents is 3. The maximum Gasteiger partial charge on any atom is 0.200 e. The van der Waals surface area contributed by atoms with Gasteiger partial charge in [-0.1, -0.05) is 40.7 Å². The van der Waals surface area contributed by atoms with Crippen LogP contribution < -0.4 is 0 Å². The highest BCUT2D eigenvalue weighted by Gasteiger charge is 2.28. The van der Waals surface area contributed by atoms with Crippen LogP contribution in [0.3, 0.4) is 0 Å². The van der Waals surface area contributed by atoms with Gasteiger partial charge in [0.05, 0.1) is 11.1 Å². The Morgan fingerprint density at radius 1 is 0.840 bits per heavy atom. The average Bonchev–Trinajstić information content (AvgIpc) is 2.44. The topological polar surface area (TPSA) is 77.8 Å². The maximum absolute atomic E-state index is 12.6. The zero-order chi connectivity index (χ0) is 19.0. The van der Waals surface area contributed by atoms with Crippen LogP contribution in [-0.2, 0) is 5.41 Å². The highest BCUT2D eigenvalue weighted by molar-refractivity contribution is 6.12. The first-order valence-electron chi connectivity index (χ1n) is 8.31. The molecule has 4 nitrogen and oxygen atoms in total. The van der Waals surface area contributed by atoms with Gasteiger partial charge in [0.2, 0.25) is 0 Å². The van der Waals surface area contributed by atoms with E-state index in [1.165, 1.54) is 12.1 Å². The van der Waals surface area contributed by atoms with E-state index < -0.39 is 5.78 Å². The van der Waals surface area contributed by atoms with Crippen molar-refractivity contribution in [3.8, 4) is 17.2 Å².